The minimum absolute atomic E-state index is 0.599. The van der Waals surface area contributed by atoms with E-state index in [1.165, 1.54) is 0 Å². The molecular weight excluding hydrogens is 176 g/mol. The highest BCUT2D eigenvalue weighted by molar-refractivity contribution is 6.29. The van der Waals surface area contributed by atoms with Crippen molar-refractivity contribution in [1.29, 1.82) is 0 Å². The predicted octanol–water partition coefficient (Wildman–Crippen LogP) is 2.00. The first-order chi connectivity index (χ1) is 5.81. The van der Waals surface area contributed by atoms with Gasteiger partial charge in [0.15, 0.2) is 0 Å². The Morgan fingerprint density at radius 3 is 3.08 bits per heavy atom. The molecule has 0 unspecified atom stereocenters. The fourth-order valence-corrected chi connectivity index (χ4v) is 1.33. The van der Waals surface area contributed by atoms with Crippen molar-refractivity contribution >= 4 is 17.2 Å². The topological polar surface area (TPSA) is 26.5 Å². The lowest BCUT2D eigenvalue weighted by molar-refractivity contribution is 0.414. The second-order valence-electron chi connectivity index (χ2n) is 2.37. The molecule has 0 amide bonds. The third kappa shape index (κ3) is 1.02. The van der Waals surface area contributed by atoms with Gasteiger partial charge in [0.25, 0.3) is 0 Å². The molecule has 0 atom stereocenters. The van der Waals surface area contributed by atoms with Crippen molar-refractivity contribution in [2.24, 2.45) is 0 Å². The van der Waals surface area contributed by atoms with Gasteiger partial charge in [0, 0.05) is 24.5 Å². The van der Waals surface area contributed by atoms with Crippen molar-refractivity contribution in [3.63, 3.8) is 0 Å². The summed E-state index contributed by atoms with van der Waals surface area (Å²) in [5, 5.41) is 0.599. The maximum Gasteiger partial charge on any atom is 0.141 e. The molecule has 0 fully saturated rings. The molecule has 0 aliphatic heterocycles. The van der Waals surface area contributed by atoms with Gasteiger partial charge in [-0.3, -0.25) is 4.40 Å². The second kappa shape index (κ2) is 2.68. The van der Waals surface area contributed by atoms with E-state index in [1.54, 1.807) is 30.0 Å². The number of halogens is 1. The summed E-state index contributed by atoms with van der Waals surface area (Å²) >= 11 is 5.93. The van der Waals surface area contributed by atoms with Gasteiger partial charge in [-0.2, -0.15) is 0 Å². The molecule has 62 valence electrons. The average Bonchev–Trinajstić information content (AvgIpc) is 2.52. The van der Waals surface area contributed by atoms with Crippen LogP contribution in [0.4, 0.5) is 0 Å². The number of pyridine rings is 1. The van der Waals surface area contributed by atoms with E-state index in [9.17, 15) is 0 Å². The van der Waals surface area contributed by atoms with Crippen molar-refractivity contribution in [1.82, 2.24) is 9.38 Å². The van der Waals surface area contributed by atoms with E-state index in [1.807, 2.05) is 6.07 Å². The van der Waals surface area contributed by atoms with E-state index >= 15 is 0 Å². The van der Waals surface area contributed by atoms with Gasteiger partial charge in [0.1, 0.15) is 16.5 Å². The summed E-state index contributed by atoms with van der Waals surface area (Å²) in [5.41, 5.74) is 0.791. The number of methoxy groups -OCH3 is 1. The molecule has 0 aliphatic rings. The number of hydrogen-bond acceptors (Lipinski definition) is 2. The fourth-order valence-electron chi connectivity index (χ4n) is 1.08. The Morgan fingerprint density at radius 1 is 1.50 bits per heavy atom. The van der Waals surface area contributed by atoms with Crippen LogP contribution in [0.1, 0.15) is 0 Å². The first-order valence-corrected chi connectivity index (χ1v) is 3.85. The Kier molecular flexibility index (Phi) is 1.66. The average molecular weight is 183 g/mol. The highest BCUT2D eigenvalue weighted by Gasteiger charge is 2.01. The van der Waals surface area contributed by atoms with Crippen molar-refractivity contribution in [3.05, 3.63) is 29.7 Å². The molecule has 2 heterocycles. The molecular formula is C8H7ClN2O. The van der Waals surface area contributed by atoms with Crippen LogP contribution in [0.3, 0.4) is 0 Å². The zero-order chi connectivity index (χ0) is 8.55. The van der Waals surface area contributed by atoms with E-state index < -0.39 is 0 Å². The second-order valence-corrected chi connectivity index (χ2v) is 2.76. The largest absolute Gasteiger partial charge is 0.497 e. The molecule has 0 radical (unpaired) electrons. The summed E-state index contributed by atoms with van der Waals surface area (Å²) in [6, 6.07) is 3.57. The number of aromatic nitrogens is 2. The van der Waals surface area contributed by atoms with Crippen LogP contribution in [-0.4, -0.2) is 16.5 Å². The van der Waals surface area contributed by atoms with Crippen LogP contribution in [0, 0.1) is 0 Å². The molecule has 2 aromatic rings. The predicted molar refractivity (Wildman–Crippen MR) is 46.8 cm³/mol. The molecule has 12 heavy (non-hydrogen) atoms. The van der Waals surface area contributed by atoms with Gasteiger partial charge >= 0.3 is 0 Å². The molecule has 0 saturated heterocycles. The Morgan fingerprint density at radius 2 is 2.33 bits per heavy atom. The van der Waals surface area contributed by atoms with Crippen LogP contribution in [0.5, 0.6) is 5.75 Å². The van der Waals surface area contributed by atoms with Crippen LogP contribution < -0.4 is 4.74 Å². The van der Waals surface area contributed by atoms with E-state index in [2.05, 4.69) is 4.98 Å². The third-order valence-electron chi connectivity index (χ3n) is 1.67. The highest BCUT2D eigenvalue weighted by Crippen LogP contribution is 2.20. The van der Waals surface area contributed by atoms with Crippen LogP contribution in [0.25, 0.3) is 5.65 Å². The normalized spacial score (nSPS) is 10.5. The summed E-state index contributed by atoms with van der Waals surface area (Å²) in [7, 11) is 1.60. The standard InChI is InChI=1S/C8H7ClN2O/c1-12-6-4-7(9)11-3-2-10-8(11)5-6/h2-5H,1H3. The Hall–Kier alpha value is -1.22. The summed E-state index contributed by atoms with van der Waals surface area (Å²) in [4.78, 5) is 4.09. The molecule has 2 rings (SSSR count). The zero-order valence-corrected chi connectivity index (χ0v) is 7.25. The van der Waals surface area contributed by atoms with Crippen LogP contribution in [0.15, 0.2) is 24.5 Å². The molecule has 4 heteroatoms. The van der Waals surface area contributed by atoms with E-state index in [-0.39, 0.29) is 0 Å². The first-order valence-electron chi connectivity index (χ1n) is 3.48. The van der Waals surface area contributed by atoms with E-state index in [0.29, 0.717) is 5.15 Å². The minimum atomic E-state index is 0.599. The number of hydrogen-bond donors (Lipinski definition) is 0. The quantitative estimate of drug-likeness (QED) is 0.631. The van der Waals surface area contributed by atoms with Crippen LogP contribution >= 0.6 is 11.6 Å². The maximum absolute atomic E-state index is 5.93. The monoisotopic (exact) mass is 182 g/mol. The SMILES string of the molecule is COc1cc(Cl)n2ccnc2c1. The van der Waals surface area contributed by atoms with E-state index in [0.717, 1.165) is 11.4 Å². The molecule has 0 aliphatic carbocycles. The summed E-state index contributed by atoms with van der Waals surface area (Å²) in [6.07, 6.45) is 3.50. The van der Waals surface area contributed by atoms with Crippen molar-refractivity contribution in [3.8, 4) is 5.75 Å². The van der Waals surface area contributed by atoms with Gasteiger partial charge in [-0.1, -0.05) is 11.6 Å². The number of nitrogens with zero attached hydrogens (tertiary/aromatic N) is 2. The summed E-state index contributed by atoms with van der Waals surface area (Å²) in [6.45, 7) is 0. The Bertz CT molecular complexity index is 410. The number of imidazole rings is 1. The van der Waals surface area contributed by atoms with Gasteiger partial charge in [0.2, 0.25) is 0 Å². The van der Waals surface area contributed by atoms with Crippen molar-refractivity contribution < 1.29 is 4.74 Å². The lowest BCUT2D eigenvalue weighted by Gasteiger charge is -2.01. The molecule has 0 bridgehead atoms. The molecule has 0 N–H and O–H groups in total. The van der Waals surface area contributed by atoms with Gasteiger partial charge < -0.3 is 4.74 Å². The van der Waals surface area contributed by atoms with Gasteiger partial charge in [0.05, 0.1) is 7.11 Å². The van der Waals surface area contributed by atoms with Crippen LogP contribution in [0.2, 0.25) is 5.15 Å². The summed E-state index contributed by atoms with van der Waals surface area (Å²) < 4.78 is 6.82. The smallest absolute Gasteiger partial charge is 0.141 e. The minimum Gasteiger partial charge on any atom is -0.497 e. The fraction of sp³-hybridized carbons (Fsp3) is 0.125. The Balaban J connectivity index is 2.75. The first kappa shape index (κ1) is 7.43. The van der Waals surface area contributed by atoms with Crippen molar-refractivity contribution in [2.45, 2.75) is 0 Å². The highest BCUT2D eigenvalue weighted by atomic mass is 35.5. The number of ether oxygens (including phenoxy) is 1. The van der Waals surface area contributed by atoms with Gasteiger partial charge in [-0.05, 0) is 0 Å². The number of rotatable bonds is 1. The van der Waals surface area contributed by atoms with Gasteiger partial charge in [-0.25, -0.2) is 4.98 Å². The molecule has 0 aromatic carbocycles. The zero-order valence-electron chi connectivity index (χ0n) is 6.49. The van der Waals surface area contributed by atoms with Crippen molar-refractivity contribution in [2.75, 3.05) is 7.11 Å². The number of fused-ring (bicyclic) bond motifs is 1. The van der Waals surface area contributed by atoms with Gasteiger partial charge in [-0.15, -0.1) is 0 Å². The summed E-state index contributed by atoms with van der Waals surface area (Å²) in [5.74, 6) is 0.721. The Labute approximate surface area is 74.6 Å². The maximum atomic E-state index is 5.93. The lowest BCUT2D eigenvalue weighted by Crippen LogP contribution is -1.88. The molecule has 2 aromatic heterocycles. The molecule has 0 spiro atoms. The lowest BCUT2D eigenvalue weighted by atomic mass is 10.4. The molecule has 3 nitrogen and oxygen atoms in total. The van der Waals surface area contributed by atoms with Crippen LogP contribution in [-0.2, 0) is 0 Å². The third-order valence-corrected chi connectivity index (χ3v) is 1.96. The van der Waals surface area contributed by atoms with E-state index in [4.69, 9.17) is 16.3 Å². The molecule has 0 saturated carbocycles.